The lowest BCUT2D eigenvalue weighted by molar-refractivity contribution is -0.0339. The van der Waals surface area contributed by atoms with Crippen molar-refractivity contribution < 1.29 is 9.26 Å². The van der Waals surface area contributed by atoms with Crippen LogP contribution >= 0.6 is 11.3 Å². The van der Waals surface area contributed by atoms with E-state index < -0.39 is 0 Å². The molecule has 1 atom stereocenters. The molecule has 2 aromatic rings. The summed E-state index contributed by atoms with van der Waals surface area (Å²) in [4.78, 5) is 11.3. The molecule has 23 heavy (non-hydrogen) atoms. The van der Waals surface area contributed by atoms with E-state index in [1.54, 1.807) is 11.3 Å². The van der Waals surface area contributed by atoms with Crippen LogP contribution in [0, 0.1) is 0 Å². The quantitative estimate of drug-likeness (QED) is 0.856. The summed E-state index contributed by atoms with van der Waals surface area (Å²) < 4.78 is 11.3. The second-order valence-corrected chi connectivity index (χ2v) is 7.27. The van der Waals surface area contributed by atoms with E-state index in [0.29, 0.717) is 5.92 Å². The van der Waals surface area contributed by atoms with E-state index in [1.165, 1.54) is 32.1 Å². The van der Waals surface area contributed by atoms with E-state index in [2.05, 4.69) is 20.0 Å². The molecule has 7 heteroatoms. The summed E-state index contributed by atoms with van der Waals surface area (Å²) in [5.41, 5.74) is 0. The van der Waals surface area contributed by atoms with Crippen LogP contribution in [0.1, 0.15) is 60.8 Å². The SMILES string of the molecule is c1csc(C2CN(Cc3noc(C4CCCCC4)n3)CCO2)n1. The number of ether oxygens (including phenoxy) is 1. The Labute approximate surface area is 139 Å². The third-order valence-corrected chi connectivity index (χ3v) is 5.55. The maximum absolute atomic E-state index is 5.83. The highest BCUT2D eigenvalue weighted by Gasteiger charge is 2.26. The molecular weight excluding hydrogens is 312 g/mol. The van der Waals surface area contributed by atoms with E-state index in [4.69, 9.17) is 9.26 Å². The first-order valence-electron chi connectivity index (χ1n) is 8.44. The lowest BCUT2D eigenvalue weighted by atomic mass is 9.89. The van der Waals surface area contributed by atoms with Crippen molar-refractivity contribution in [3.63, 3.8) is 0 Å². The number of hydrogen-bond acceptors (Lipinski definition) is 7. The number of morpholine rings is 1. The Morgan fingerprint density at radius 1 is 1.26 bits per heavy atom. The molecule has 3 heterocycles. The molecule has 0 amide bonds. The highest BCUT2D eigenvalue weighted by atomic mass is 32.1. The first-order chi connectivity index (χ1) is 11.4. The summed E-state index contributed by atoms with van der Waals surface area (Å²) in [5, 5.41) is 7.23. The minimum Gasteiger partial charge on any atom is -0.368 e. The highest BCUT2D eigenvalue weighted by molar-refractivity contribution is 7.09. The van der Waals surface area contributed by atoms with Crippen LogP contribution in [0.25, 0.3) is 0 Å². The van der Waals surface area contributed by atoms with Crippen molar-refractivity contribution in [1.82, 2.24) is 20.0 Å². The molecule has 0 aromatic carbocycles. The molecule has 1 unspecified atom stereocenters. The minimum absolute atomic E-state index is 0.0634. The zero-order valence-electron chi connectivity index (χ0n) is 13.2. The van der Waals surface area contributed by atoms with Gasteiger partial charge in [0.2, 0.25) is 5.89 Å². The number of aromatic nitrogens is 3. The van der Waals surface area contributed by atoms with Gasteiger partial charge in [-0.3, -0.25) is 4.90 Å². The molecule has 2 aromatic heterocycles. The maximum atomic E-state index is 5.83. The van der Waals surface area contributed by atoms with E-state index >= 15 is 0 Å². The molecule has 0 radical (unpaired) electrons. The highest BCUT2D eigenvalue weighted by Crippen LogP contribution is 2.31. The second-order valence-electron chi connectivity index (χ2n) is 6.35. The second kappa shape index (κ2) is 7.07. The largest absolute Gasteiger partial charge is 0.368 e. The molecule has 0 spiro atoms. The van der Waals surface area contributed by atoms with Gasteiger partial charge >= 0.3 is 0 Å². The van der Waals surface area contributed by atoms with Crippen molar-refractivity contribution in [2.45, 2.75) is 50.7 Å². The standard InChI is InChI=1S/C16H22N4O2S/c1-2-4-12(5-3-1)15-18-14(19-22-15)11-20-7-8-21-13(10-20)16-17-6-9-23-16/h6,9,12-13H,1-5,7-8,10-11H2. The fraction of sp³-hybridized carbons (Fsp3) is 0.688. The number of hydrogen-bond donors (Lipinski definition) is 0. The number of rotatable bonds is 4. The molecule has 1 saturated heterocycles. The van der Waals surface area contributed by atoms with Crippen molar-refractivity contribution in [3.8, 4) is 0 Å². The predicted octanol–water partition coefficient (Wildman–Crippen LogP) is 3.15. The van der Waals surface area contributed by atoms with Gasteiger partial charge in [0.15, 0.2) is 5.82 Å². The monoisotopic (exact) mass is 334 g/mol. The topological polar surface area (TPSA) is 64.3 Å². The maximum Gasteiger partial charge on any atom is 0.229 e. The van der Waals surface area contributed by atoms with Crippen molar-refractivity contribution in [2.75, 3.05) is 19.7 Å². The normalized spacial score (nSPS) is 24.1. The molecular formula is C16H22N4O2S. The lowest BCUT2D eigenvalue weighted by Gasteiger charge is -2.30. The summed E-state index contributed by atoms with van der Waals surface area (Å²) in [6, 6.07) is 0. The van der Waals surface area contributed by atoms with Crippen molar-refractivity contribution in [1.29, 1.82) is 0 Å². The Kier molecular flexibility index (Phi) is 4.68. The van der Waals surface area contributed by atoms with Crippen LogP contribution in [0.15, 0.2) is 16.1 Å². The Morgan fingerprint density at radius 3 is 3.00 bits per heavy atom. The molecule has 2 fully saturated rings. The molecule has 6 nitrogen and oxygen atoms in total. The van der Waals surface area contributed by atoms with Gasteiger partial charge in [-0.1, -0.05) is 24.4 Å². The van der Waals surface area contributed by atoms with E-state index in [1.807, 2.05) is 11.6 Å². The van der Waals surface area contributed by atoms with Crippen LogP contribution in [0.4, 0.5) is 0 Å². The fourth-order valence-corrected chi connectivity index (χ4v) is 4.11. The number of nitrogens with zero attached hydrogens (tertiary/aromatic N) is 4. The average molecular weight is 334 g/mol. The third kappa shape index (κ3) is 3.62. The summed E-state index contributed by atoms with van der Waals surface area (Å²) in [5.74, 6) is 2.10. The molecule has 1 saturated carbocycles. The zero-order valence-corrected chi connectivity index (χ0v) is 14.0. The van der Waals surface area contributed by atoms with Crippen LogP contribution in [-0.4, -0.2) is 39.7 Å². The fourth-order valence-electron chi connectivity index (χ4n) is 3.44. The van der Waals surface area contributed by atoms with Gasteiger partial charge in [-0.25, -0.2) is 4.98 Å². The number of thiazole rings is 1. The van der Waals surface area contributed by atoms with E-state index in [9.17, 15) is 0 Å². The smallest absolute Gasteiger partial charge is 0.229 e. The third-order valence-electron chi connectivity index (χ3n) is 4.68. The van der Waals surface area contributed by atoms with Crippen LogP contribution in [-0.2, 0) is 11.3 Å². The van der Waals surface area contributed by atoms with E-state index in [0.717, 1.165) is 43.0 Å². The molecule has 4 rings (SSSR count). The summed E-state index contributed by atoms with van der Waals surface area (Å²) in [6.45, 7) is 3.18. The van der Waals surface area contributed by atoms with Gasteiger partial charge in [0.25, 0.3) is 0 Å². The van der Waals surface area contributed by atoms with Crippen LogP contribution in [0.2, 0.25) is 0 Å². The molecule has 1 aliphatic carbocycles. The summed E-state index contributed by atoms with van der Waals surface area (Å²) >= 11 is 1.65. The van der Waals surface area contributed by atoms with Crippen molar-refractivity contribution in [2.24, 2.45) is 0 Å². The van der Waals surface area contributed by atoms with Gasteiger partial charge in [-0.05, 0) is 12.8 Å². The average Bonchev–Trinajstić information content (AvgIpc) is 3.28. The Balaban J connectivity index is 1.37. The van der Waals surface area contributed by atoms with Crippen molar-refractivity contribution >= 4 is 11.3 Å². The summed E-state index contributed by atoms with van der Waals surface area (Å²) in [6.07, 6.45) is 8.16. The zero-order chi connectivity index (χ0) is 15.5. The van der Waals surface area contributed by atoms with Crippen LogP contribution < -0.4 is 0 Å². The Bertz CT molecular complexity index is 609. The van der Waals surface area contributed by atoms with Crippen LogP contribution in [0.3, 0.4) is 0 Å². The molecule has 0 bridgehead atoms. The van der Waals surface area contributed by atoms with Gasteiger partial charge < -0.3 is 9.26 Å². The predicted molar refractivity (Wildman–Crippen MR) is 86.2 cm³/mol. The molecule has 124 valence electrons. The Morgan fingerprint density at radius 2 is 2.17 bits per heavy atom. The molecule has 0 N–H and O–H groups in total. The lowest BCUT2D eigenvalue weighted by Crippen LogP contribution is -2.38. The molecule has 2 aliphatic rings. The van der Waals surface area contributed by atoms with Crippen molar-refractivity contribution in [3.05, 3.63) is 28.3 Å². The van der Waals surface area contributed by atoms with Gasteiger partial charge in [0, 0.05) is 30.6 Å². The van der Waals surface area contributed by atoms with Crippen LogP contribution in [0.5, 0.6) is 0 Å². The first kappa shape index (κ1) is 15.2. The van der Waals surface area contributed by atoms with Gasteiger partial charge in [-0.2, -0.15) is 4.98 Å². The Hall–Kier alpha value is -1.31. The first-order valence-corrected chi connectivity index (χ1v) is 9.32. The van der Waals surface area contributed by atoms with Gasteiger partial charge in [0.05, 0.1) is 13.2 Å². The molecule has 1 aliphatic heterocycles. The van der Waals surface area contributed by atoms with E-state index in [-0.39, 0.29) is 6.10 Å². The summed E-state index contributed by atoms with van der Waals surface area (Å²) in [7, 11) is 0. The van der Waals surface area contributed by atoms with Gasteiger partial charge in [0.1, 0.15) is 11.1 Å². The van der Waals surface area contributed by atoms with Gasteiger partial charge in [-0.15, -0.1) is 11.3 Å². The minimum atomic E-state index is 0.0634.